The zero-order valence-electron chi connectivity index (χ0n) is 19.8. The van der Waals surface area contributed by atoms with E-state index in [4.69, 9.17) is 17.7 Å². The van der Waals surface area contributed by atoms with E-state index in [0.29, 0.717) is 44.0 Å². The number of halogens is 4. The van der Waals surface area contributed by atoms with E-state index in [1.54, 1.807) is 54.6 Å². The Labute approximate surface area is 209 Å². The van der Waals surface area contributed by atoms with Gasteiger partial charge < -0.3 is 10.1 Å². The lowest BCUT2D eigenvalue weighted by Crippen LogP contribution is -2.23. The highest BCUT2D eigenvalue weighted by Gasteiger charge is 2.27. The topological polar surface area (TPSA) is 74.0 Å². The van der Waals surface area contributed by atoms with Crippen LogP contribution < -0.4 is 15.6 Å². The molecule has 7 nitrogen and oxygen atoms in total. The third-order valence-electron chi connectivity index (χ3n) is 5.60. The van der Waals surface area contributed by atoms with Gasteiger partial charge in [0.1, 0.15) is 18.0 Å². The Hall–Kier alpha value is -4.05. The average Bonchev–Trinajstić information content (AvgIpc) is 3.24. The second-order valence-corrected chi connectivity index (χ2v) is 8.43. The van der Waals surface area contributed by atoms with Gasteiger partial charge in [0.25, 0.3) is 5.56 Å². The molecule has 3 aromatic heterocycles. The van der Waals surface area contributed by atoms with Crippen LogP contribution in [0, 0.1) is 0 Å². The maximum Gasteiger partial charge on any atom is 0.405 e. The van der Waals surface area contributed by atoms with E-state index in [2.05, 4.69) is 15.4 Å². The Morgan fingerprint density at radius 3 is 2.58 bits per heavy atom. The van der Waals surface area contributed by atoms with E-state index >= 15 is 0 Å². The van der Waals surface area contributed by atoms with Crippen LogP contribution in [0.3, 0.4) is 0 Å². The average molecular weight is 515 g/mol. The van der Waals surface area contributed by atoms with Crippen LogP contribution in [-0.4, -0.2) is 39.2 Å². The third kappa shape index (κ3) is 4.35. The number of pyridine rings is 2. The molecule has 1 N–H and O–H groups in total. The largest absolute Gasteiger partial charge is 0.481 e. The van der Waals surface area contributed by atoms with Crippen molar-refractivity contribution in [1.82, 2.24) is 19.3 Å². The molecule has 0 saturated heterocycles. The van der Waals surface area contributed by atoms with Crippen molar-refractivity contribution in [3.63, 3.8) is 0 Å². The van der Waals surface area contributed by atoms with Crippen molar-refractivity contribution in [3.05, 3.63) is 76.0 Å². The number of alkyl halides is 3. The summed E-state index contributed by atoms with van der Waals surface area (Å²) < 4.78 is 54.1. The van der Waals surface area contributed by atoms with Gasteiger partial charge in [0.05, 0.1) is 23.7 Å². The molecule has 0 atom stereocenters. The van der Waals surface area contributed by atoms with Gasteiger partial charge in [-0.3, -0.25) is 9.36 Å². The molecule has 0 aliphatic carbocycles. The molecule has 0 unspecified atom stereocenters. The molecule has 184 valence electrons. The molecule has 3 heterocycles. The Morgan fingerprint density at radius 1 is 1.11 bits per heavy atom. The molecule has 0 bridgehead atoms. The van der Waals surface area contributed by atoms with Gasteiger partial charge in [-0.05, 0) is 60.2 Å². The lowest BCUT2D eigenvalue weighted by molar-refractivity contribution is -0.115. The smallest absolute Gasteiger partial charge is 0.405 e. The van der Waals surface area contributed by atoms with Crippen molar-refractivity contribution in [1.29, 1.82) is 0 Å². The summed E-state index contributed by atoms with van der Waals surface area (Å²) in [5.41, 5.74) is 1.72. The summed E-state index contributed by atoms with van der Waals surface area (Å²) in [6.07, 6.45) is -4.43. The van der Waals surface area contributed by atoms with E-state index in [0.717, 1.165) is 0 Å². The second-order valence-electron chi connectivity index (χ2n) is 7.99. The van der Waals surface area contributed by atoms with Crippen LogP contribution in [-0.2, 0) is 7.02 Å². The predicted molar refractivity (Wildman–Crippen MR) is 133 cm³/mol. The first-order valence-electron chi connectivity index (χ1n) is 11.4. The Balaban J connectivity index is 1.74. The number of fused-ring (bicyclic) bond motifs is 2. The summed E-state index contributed by atoms with van der Waals surface area (Å²) in [4.78, 5) is 18.2. The minimum atomic E-state index is -4.43. The van der Waals surface area contributed by atoms with Gasteiger partial charge in [0.15, 0.2) is 0 Å². The monoisotopic (exact) mass is 514 g/mol. The molecule has 0 aliphatic rings. The number of nitrogens with zero attached hydrogens (tertiary/aromatic N) is 4. The molecule has 0 radical (unpaired) electrons. The number of hydrogen-bond donors (Lipinski definition) is 1. The van der Waals surface area contributed by atoms with Crippen molar-refractivity contribution in [2.75, 3.05) is 19.0 Å². The molecule has 0 saturated carbocycles. The number of methoxy groups -OCH3 is 1. The summed E-state index contributed by atoms with van der Waals surface area (Å²) in [5, 5.41) is 8.23. The summed E-state index contributed by atoms with van der Waals surface area (Å²) in [5.74, 6) is 0.376. The minimum Gasteiger partial charge on any atom is -0.481 e. The number of aromatic nitrogens is 4. The number of aryl methyl sites for hydroxylation is 1. The van der Waals surface area contributed by atoms with Crippen molar-refractivity contribution in [3.8, 4) is 22.7 Å². The van der Waals surface area contributed by atoms with Crippen LogP contribution in [0.15, 0.2) is 65.5 Å². The van der Waals surface area contributed by atoms with Gasteiger partial charge in [0, 0.05) is 24.4 Å². The van der Waals surface area contributed by atoms with Crippen LogP contribution in [0.5, 0.6) is 5.88 Å². The highest BCUT2D eigenvalue weighted by atomic mass is 35.5. The van der Waals surface area contributed by atoms with Crippen molar-refractivity contribution in [2.45, 2.75) is 6.18 Å². The number of benzene rings is 2. The number of rotatable bonds is 5. The molecule has 0 aliphatic heterocycles. The first-order valence-corrected chi connectivity index (χ1v) is 11.0. The number of anilines is 1. The van der Waals surface area contributed by atoms with Crippen LogP contribution >= 0.6 is 11.6 Å². The molecule has 0 fully saturated rings. The molecule has 36 heavy (non-hydrogen) atoms. The van der Waals surface area contributed by atoms with Gasteiger partial charge in [-0.25, -0.2) is 9.67 Å². The fourth-order valence-corrected chi connectivity index (χ4v) is 4.13. The molecule has 5 aromatic rings. The second kappa shape index (κ2) is 8.87. The predicted octanol–water partition coefficient (Wildman–Crippen LogP) is 5.58. The van der Waals surface area contributed by atoms with Crippen LogP contribution in [0.1, 0.15) is 1.37 Å². The molecular weight excluding hydrogens is 495 g/mol. The molecular formula is C25H19ClF3N5O2. The van der Waals surface area contributed by atoms with Crippen LogP contribution in [0.25, 0.3) is 38.8 Å². The minimum absolute atomic E-state index is 0.0198. The normalized spacial score (nSPS) is 12.2. The highest BCUT2D eigenvalue weighted by molar-refractivity contribution is 6.30. The SMILES string of the molecule is [2H]Cn1nc2ccc(-c3cc4ccc(NCC(F)(F)F)nc4n(-c4ccc(Cl)cc4)c3=O)cc2c1OC. The number of hydrogen-bond acceptors (Lipinski definition) is 5. The number of ether oxygens (including phenoxy) is 1. The molecule has 11 heteroatoms. The van der Waals surface area contributed by atoms with Crippen LogP contribution in [0.4, 0.5) is 19.0 Å². The fourth-order valence-electron chi connectivity index (χ4n) is 4.00. The zero-order valence-corrected chi connectivity index (χ0v) is 19.6. The first kappa shape index (κ1) is 22.4. The van der Waals surface area contributed by atoms with E-state index in [1.807, 2.05) is 0 Å². The Kier molecular flexibility index (Phi) is 5.52. The standard InChI is InChI=1S/C25H19ClF3N5O2/c1-33-24(36-2)19-11-14(3-9-20(19)32-33)18-12-15-4-10-21(30-13-25(27,28)29)31-22(15)34(23(18)35)17-7-5-16(26)6-8-17/h3-12H,13H2,1-2H3,(H,30,31)/i1D. The molecule has 0 amide bonds. The Morgan fingerprint density at radius 2 is 1.89 bits per heavy atom. The fraction of sp³-hybridized carbons (Fsp3) is 0.160. The molecule has 0 spiro atoms. The van der Waals surface area contributed by atoms with Gasteiger partial charge in [-0.15, -0.1) is 0 Å². The van der Waals surface area contributed by atoms with Gasteiger partial charge >= 0.3 is 6.18 Å². The lowest BCUT2D eigenvalue weighted by Gasteiger charge is -2.15. The maximum atomic E-state index is 13.9. The van der Waals surface area contributed by atoms with Gasteiger partial charge in [-0.1, -0.05) is 17.7 Å². The lowest BCUT2D eigenvalue weighted by atomic mass is 10.0. The Bertz CT molecular complexity index is 1680. The van der Waals surface area contributed by atoms with Gasteiger partial charge in [-0.2, -0.15) is 18.3 Å². The summed E-state index contributed by atoms with van der Waals surface area (Å²) >= 11 is 6.04. The highest BCUT2D eigenvalue weighted by Crippen LogP contribution is 2.31. The summed E-state index contributed by atoms with van der Waals surface area (Å²) in [6, 6.07) is 16.4. The third-order valence-corrected chi connectivity index (χ3v) is 5.85. The van der Waals surface area contributed by atoms with Crippen molar-refractivity contribution >= 4 is 39.4 Å². The number of nitrogens with one attached hydrogen (secondary N) is 1. The van der Waals surface area contributed by atoms with E-state index in [9.17, 15) is 18.0 Å². The first-order chi connectivity index (χ1) is 17.7. The summed E-state index contributed by atoms with van der Waals surface area (Å²) in [7, 11) is 1.35. The van der Waals surface area contributed by atoms with E-state index < -0.39 is 18.3 Å². The van der Waals surface area contributed by atoms with Crippen molar-refractivity contribution in [2.24, 2.45) is 7.02 Å². The maximum absolute atomic E-state index is 13.9. The van der Waals surface area contributed by atoms with Crippen molar-refractivity contribution < 1.29 is 19.3 Å². The molecule has 2 aromatic carbocycles. The summed E-state index contributed by atoms with van der Waals surface area (Å²) in [6.45, 7) is -1.26. The van der Waals surface area contributed by atoms with E-state index in [-0.39, 0.29) is 18.5 Å². The quantitative estimate of drug-likeness (QED) is 0.332. The van der Waals surface area contributed by atoms with Crippen LogP contribution in [0.2, 0.25) is 5.02 Å². The van der Waals surface area contributed by atoms with E-state index in [1.165, 1.54) is 22.4 Å². The zero-order chi connectivity index (χ0) is 26.3. The van der Waals surface area contributed by atoms with Gasteiger partial charge in [0.2, 0.25) is 5.88 Å². The molecule has 5 rings (SSSR count).